The third kappa shape index (κ3) is 6.33. The highest BCUT2D eigenvalue weighted by atomic mass is 15.1. The molecular formula is C37H33N5. The van der Waals surface area contributed by atoms with Crippen LogP contribution >= 0.6 is 0 Å². The molecule has 0 aliphatic heterocycles. The number of nitrogens with zero attached hydrogens (tertiary/aromatic N) is 5. The van der Waals surface area contributed by atoms with Gasteiger partial charge in [-0.25, -0.2) is 4.99 Å². The Hall–Kier alpha value is -5.39. The molecule has 4 aromatic carbocycles. The van der Waals surface area contributed by atoms with Crippen LogP contribution in [-0.4, -0.2) is 32.9 Å². The van der Waals surface area contributed by atoms with E-state index in [1.165, 1.54) is 0 Å². The van der Waals surface area contributed by atoms with Crippen LogP contribution in [0.3, 0.4) is 0 Å². The molecule has 0 bridgehead atoms. The summed E-state index contributed by atoms with van der Waals surface area (Å²) >= 11 is 0. The van der Waals surface area contributed by atoms with Crippen LogP contribution in [0.25, 0.3) is 11.1 Å². The second-order valence-electron chi connectivity index (χ2n) is 10.3. The van der Waals surface area contributed by atoms with Gasteiger partial charge in [-0.2, -0.15) is 10.5 Å². The molecule has 5 heteroatoms. The quantitative estimate of drug-likeness (QED) is 0.213. The van der Waals surface area contributed by atoms with E-state index in [1.807, 2.05) is 44.4 Å². The van der Waals surface area contributed by atoms with E-state index in [0.717, 1.165) is 56.2 Å². The third-order valence-corrected chi connectivity index (χ3v) is 7.49. The molecule has 5 rings (SSSR count). The van der Waals surface area contributed by atoms with Gasteiger partial charge in [0.05, 0.1) is 36.4 Å². The second-order valence-corrected chi connectivity index (χ2v) is 10.3. The van der Waals surface area contributed by atoms with Gasteiger partial charge in [0, 0.05) is 44.1 Å². The van der Waals surface area contributed by atoms with Crippen molar-refractivity contribution in [3.63, 3.8) is 0 Å². The predicted octanol–water partition coefficient (Wildman–Crippen LogP) is 8.04. The molecule has 0 spiro atoms. The maximum absolute atomic E-state index is 9.01. The highest BCUT2D eigenvalue weighted by molar-refractivity contribution is 6.19. The lowest BCUT2D eigenvalue weighted by atomic mass is 9.83. The lowest BCUT2D eigenvalue weighted by Crippen LogP contribution is -2.18. The number of anilines is 2. The van der Waals surface area contributed by atoms with Crippen LogP contribution in [0.4, 0.5) is 17.1 Å². The molecule has 5 nitrogen and oxygen atoms in total. The van der Waals surface area contributed by atoms with Crippen molar-refractivity contribution in [2.45, 2.75) is 12.8 Å². The van der Waals surface area contributed by atoms with Gasteiger partial charge in [0.15, 0.2) is 0 Å². The molecule has 0 saturated heterocycles. The van der Waals surface area contributed by atoms with Gasteiger partial charge < -0.3 is 9.80 Å². The molecule has 0 unspecified atom stereocenters. The van der Waals surface area contributed by atoms with Gasteiger partial charge in [-0.15, -0.1) is 0 Å². The zero-order chi connectivity index (χ0) is 29.3. The third-order valence-electron chi connectivity index (χ3n) is 7.49. The largest absolute Gasteiger partial charge is 0.374 e. The van der Waals surface area contributed by atoms with Crippen molar-refractivity contribution < 1.29 is 0 Å². The number of allylic oxidation sites excluding steroid dienone is 3. The summed E-state index contributed by atoms with van der Waals surface area (Å²) in [6.07, 6.45) is 5.26. The van der Waals surface area contributed by atoms with Crippen molar-refractivity contribution in [2.24, 2.45) is 4.99 Å². The summed E-state index contributed by atoms with van der Waals surface area (Å²) in [4.78, 5) is 9.17. The average Bonchev–Trinajstić information content (AvgIpc) is 3.04. The lowest BCUT2D eigenvalue weighted by Gasteiger charge is -2.23. The van der Waals surface area contributed by atoms with Crippen LogP contribution in [0.15, 0.2) is 120 Å². The molecule has 0 fully saturated rings. The summed E-state index contributed by atoms with van der Waals surface area (Å²) in [5.74, 6) is 0. The molecule has 0 amide bonds. The van der Waals surface area contributed by atoms with Crippen molar-refractivity contribution in [2.75, 3.05) is 37.0 Å². The summed E-state index contributed by atoms with van der Waals surface area (Å²) in [6, 6.07) is 40.1. The van der Waals surface area contributed by atoms with Crippen molar-refractivity contribution in [1.29, 1.82) is 10.5 Å². The maximum atomic E-state index is 9.01. The van der Waals surface area contributed by atoms with E-state index in [1.54, 1.807) is 0 Å². The van der Waals surface area contributed by atoms with Gasteiger partial charge in [0.1, 0.15) is 0 Å². The standard InChI is InChI=1S/C37H33N5/c1-41(26-8-24-38)31-18-14-28(15-19-31)37(29-16-20-32(21-17-29)42(2)27-9-25-39)35-22-23-36(34-13-7-6-12-33(34)35)40-30-10-4-3-5-11-30/h3-7,10-23H,8-9,26-27H2,1-2H3. The summed E-state index contributed by atoms with van der Waals surface area (Å²) in [6.45, 7) is 1.37. The number of para-hydroxylation sites is 1. The highest BCUT2D eigenvalue weighted by Crippen LogP contribution is 2.38. The van der Waals surface area contributed by atoms with Gasteiger partial charge in [-0.1, -0.05) is 72.8 Å². The summed E-state index contributed by atoms with van der Waals surface area (Å²) < 4.78 is 0. The van der Waals surface area contributed by atoms with Crippen LogP contribution in [-0.2, 0) is 0 Å². The molecule has 0 saturated carbocycles. The lowest BCUT2D eigenvalue weighted by molar-refractivity contribution is 0.905. The zero-order valence-electron chi connectivity index (χ0n) is 24.0. The Morgan fingerprint density at radius 2 is 1.12 bits per heavy atom. The van der Waals surface area contributed by atoms with Gasteiger partial charge in [0.2, 0.25) is 0 Å². The Labute approximate surface area is 248 Å². The summed E-state index contributed by atoms with van der Waals surface area (Å²) in [5.41, 5.74) is 10.7. The fourth-order valence-corrected chi connectivity index (χ4v) is 5.18. The summed E-state index contributed by atoms with van der Waals surface area (Å²) in [5, 5.41) is 18.0. The minimum absolute atomic E-state index is 0.483. The van der Waals surface area contributed by atoms with Crippen molar-refractivity contribution in [1.82, 2.24) is 0 Å². The Morgan fingerprint density at radius 1 is 0.619 bits per heavy atom. The topological polar surface area (TPSA) is 66.4 Å². The molecule has 4 aromatic rings. The highest BCUT2D eigenvalue weighted by Gasteiger charge is 2.20. The normalized spacial score (nSPS) is 12.8. The molecule has 1 aliphatic rings. The van der Waals surface area contributed by atoms with Gasteiger partial charge in [-0.3, -0.25) is 0 Å². The fourth-order valence-electron chi connectivity index (χ4n) is 5.18. The smallest absolute Gasteiger partial charge is 0.0715 e. The monoisotopic (exact) mass is 547 g/mol. The molecule has 0 N–H and O–H groups in total. The molecule has 0 aromatic heterocycles. The van der Waals surface area contributed by atoms with E-state index >= 15 is 0 Å². The molecular weight excluding hydrogens is 514 g/mol. The van der Waals surface area contributed by atoms with E-state index in [-0.39, 0.29) is 0 Å². The van der Waals surface area contributed by atoms with Crippen molar-refractivity contribution in [3.05, 3.63) is 138 Å². The van der Waals surface area contributed by atoms with E-state index in [4.69, 9.17) is 15.5 Å². The van der Waals surface area contributed by atoms with Crippen LogP contribution < -0.4 is 9.80 Å². The number of fused-ring (bicyclic) bond motifs is 1. The second kappa shape index (κ2) is 13.3. The number of nitriles is 2. The van der Waals surface area contributed by atoms with E-state index in [0.29, 0.717) is 25.9 Å². The van der Waals surface area contributed by atoms with Gasteiger partial charge >= 0.3 is 0 Å². The minimum atomic E-state index is 0.483. The number of hydrogen-bond donors (Lipinski definition) is 0. The Morgan fingerprint density at radius 3 is 1.64 bits per heavy atom. The first-order valence-corrected chi connectivity index (χ1v) is 14.1. The minimum Gasteiger partial charge on any atom is -0.374 e. The van der Waals surface area contributed by atoms with Crippen LogP contribution in [0.5, 0.6) is 0 Å². The Bertz CT molecular complexity index is 1630. The molecule has 0 radical (unpaired) electrons. The SMILES string of the molecule is CN(CCC#N)c1ccc(C(=C2C=CC(=Nc3ccccc3)c3ccccc32)c2ccc(N(C)CCC#N)cc2)cc1. The average molecular weight is 548 g/mol. The van der Waals surface area contributed by atoms with Crippen LogP contribution in [0, 0.1) is 22.7 Å². The molecule has 42 heavy (non-hydrogen) atoms. The van der Waals surface area contributed by atoms with E-state index < -0.39 is 0 Å². The fraction of sp³-hybridized carbons (Fsp3) is 0.162. The van der Waals surface area contributed by atoms with Crippen molar-refractivity contribution in [3.8, 4) is 12.1 Å². The molecule has 1 aliphatic carbocycles. The number of benzene rings is 4. The first-order chi connectivity index (χ1) is 20.6. The maximum Gasteiger partial charge on any atom is 0.0715 e. The van der Waals surface area contributed by atoms with Crippen LogP contribution in [0.1, 0.15) is 35.1 Å². The first-order valence-electron chi connectivity index (χ1n) is 14.1. The first kappa shape index (κ1) is 28.1. The number of rotatable bonds is 9. The Kier molecular flexibility index (Phi) is 8.92. The van der Waals surface area contributed by atoms with E-state index in [2.05, 4.69) is 107 Å². The van der Waals surface area contributed by atoms with Crippen LogP contribution in [0.2, 0.25) is 0 Å². The predicted molar refractivity (Wildman–Crippen MR) is 174 cm³/mol. The zero-order valence-corrected chi connectivity index (χ0v) is 24.0. The number of aliphatic imine (C=N–C) groups is 1. The van der Waals surface area contributed by atoms with E-state index in [9.17, 15) is 0 Å². The van der Waals surface area contributed by atoms with Crippen molar-refractivity contribution >= 4 is 33.9 Å². The van der Waals surface area contributed by atoms with Gasteiger partial charge in [0.25, 0.3) is 0 Å². The molecule has 206 valence electrons. The molecule has 0 atom stereocenters. The Balaban J connectivity index is 1.63. The number of hydrogen-bond acceptors (Lipinski definition) is 5. The summed E-state index contributed by atoms with van der Waals surface area (Å²) in [7, 11) is 4.03. The van der Waals surface area contributed by atoms with Gasteiger partial charge in [-0.05, 0) is 70.3 Å². The molecule has 0 heterocycles.